The van der Waals surface area contributed by atoms with E-state index in [-0.39, 0.29) is 5.91 Å². The molecule has 1 unspecified atom stereocenters. The first-order valence-electron chi connectivity index (χ1n) is 8.40. The zero-order valence-corrected chi connectivity index (χ0v) is 17.0. The van der Waals surface area contributed by atoms with Crippen molar-refractivity contribution in [2.24, 2.45) is 5.92 Å². The number of nitrogens with one attached hydrogen (secondary N) is 1. The molecule has 1 aromatic carbocycles. The van der Waals surface area contributed by atoms with Crippen LogP contribution in [0.4, 0.5) is 5.13 Å². The first kappa shape index (κ1) is 19.7. The van der Waals surface area contributed by atoms with Crippen LogP contribution < -0.4 is 10.1 Å². The summed E-state index contributed by atoms with van der Waals surface area (Å²) in [5.41, 5.74) is 2.34. The molecule has 0 saturated heterocycles. The molecule has 5 nitrogen and oxygen atoms in total. The smallest absolute Gasteiger partial charge is 0.267 e. The maximum absolute atomic E-state index is 12.5. The molecule has 7 heteroatoms. The molecule has 136 valence electrons. The summed E-state index contributed by atoms with van der Waals surface area (Å²) in [7, 11) is 0. The Morgan fingerprint density at radius 3 is 2.68 bits per heavy atom. The Morgan fingerprint density at radius 1 is 1.28 bits per heavy atom. The third kappa shape index (κ3) is 6.01. The highest BCUT2D eigenvalue weighted by atomic mass is 32.2. The van der Waals surface area contributed by atoms with Crippen LogP contribution in [0.15, 0.2) is 22.5 Å². The molecule has 0 bridgehead atoms. The predicted molar refractivity (Wildman–Crippen MR) is 105 cm³/mol. The number of aromatic nitrogens is 2. The van der Waals surface area contributed by atoms with Gasteiger partial charge in [-0.25, -0.2) is 0 Å². The Hall–Kier alpha value is -1.60. The fourth-order valence-corrected chi connectivity index (χ4v) is 3.75. The number of rotatable bonds is 8. The quantitative estimate of drug-likeness (QED) is 0.532. The fourth-order valence-electron chi connectivity index (χ4n) is 2.02. The van der Waals surface area contributed by atoms with Crippen molar-refractivity contribution in [2.75, 3.05) is 11.1 Å². The number of amides is 1. The van der Waals surface area contributed by atoms with Gasteiger partial charge in [-0.1, -0.05) is 49.9 Å². The number of anilines is 1. The third-order valence-corrected chi connectivity index (χ3v) is 6.00. The van der Waals surface area contributed by atoms with Gasteiger partial charge in [0.2, 0.25) is 5.13 Å². The number of thioether (sulfide) groups is 1. The van der Waals surface area contributed by atoms with Crippen LogP contribution in [0, 0.1) is 19.8 Å². The number of benzene rings is 1. The summed E-state index contributed by atoms with van der Waals surface area (Å²) < 4.78 is 6.73. The topological polar surface area (TPSA) is 64.1 Å². The van der Waals surface area contributed by atoms with Crippen LogP contribution in [-0.2, 0) is 4.79 Å². The molecule has 1 heterocycles. The van der Waals surface area contributed by atoms with Crippen LogP contribution in [0.3, 0.4) is 0 Å². The molecule has 0 radical (unpaired) electrons. The van der Waals surface area contributed by atoms with Crippen LogP contribution >= 0.6 is 23.1 Å². The minimum absolute atomic E-state index is 0.197. The minimum atomic E-state index is -0.558. The van der Waals surface area contributed by atoms with E-state index in [4.69, 9.17) is 4.74 Å². The second-order valence-electron chi connectivity index (χ2n) is 6.33. The number of hydrogen-bond acceptors (Lipinski definition) is 6. The summed E-state index contributed by atoms with van der Waals surface area (Å²) >= 11 is 3.05. The van der Waals surface area contributed by atoms with Crippen molar-refractivity contribution in [3.05, 3.63) is 29.3 Å². The van der Waals surface area contributed by atoms with Gasteiger partial charge in [0.25, 0.3) is 5.91 Å². The standard InChI is InChI=1S/C18H25N3O2S2/c1-6-15(23-14-8-7-12(4)13(5)9-14)16(22)19-17-20-21-18(25-17)24-10-11(2)3/h7-9,11,15H,6,10H2,1-5H3,(H,19,20,22). The summed E-state index contributed by atoms with van der Waals surface area (Å²) in [6.07, 6.45) is 0.0183. The van der Waals surface area contributed by atoms with E-state index in [1.165, 1.54) is 16.9 Å². The number of carbonyl (C=O) groups is 1. The van der Waals surface area contributed by atoms with E-state index in [1.54, 1.807) is 11.8 Å². The molecular weight excluding hydrogens is 354 g/mol. The molecule has 0 aliphatic rings. The Kier molecular flexibility index (Phi) is 7.25. The van der Waals surface area contributed by atoms with Gasteiger partial charge in [0, 0.05) is 5.75 Å². The number of ether oxygens (including phenoxy) is 1. The SMILES string of the molecule is CCC(Oc1ccc(C)c(C)c1)C(=O)Nc1nnc(SCC(C)C)s1. The lowest BCUT2D eigenvalue weighted by Crippen LogP contribution is -2.32. The van der Waals surface area contributed by atoms with Crippen molar-refractivity contribution in [3.8, 4) is 5.75 Å². The lowest BCUT2D eigenvalue weighted by Gasteiger charge is -2.17. The summed E-state index contributed by atoms with van der Waals surface area (Å²) in [6.45, 7) is 10.3. The molecule has 0 spiro atoms. The van der Waals surface area contributed by atoms with Gasteiger partial charge in [0.1, 0.15) is 5.75 Å². The van der Waals surface area contributed by atoms with Crippen molar-refractivity contribution < 1.29 is 9.53 Å². The maximum Gasteiger partial charge on any atom is 0.267 e. The minimum Gasteiger partial charge on any atom is -0.481 e. The summed E-state index contributed by atoms with van der Waals surface area (Å²) in [5.74, 6) is 2.08. The van der Waals surface area contributed by atoms with Gasteiger partial charge >= 0.3 is 0 Å². The number of nitrogens with zero attached hydrogens (tertiary/aromatic N) is 2. The van der Waals surface area contributed by atoms with Gasteiger partial charge in [-0.2, -0.15) is 0 Å². The van der Waals surface area contributed by atoms with E-state index in [9.17, 15) is 4.79 Å². The monoisotopic (exact) mass is 379 g/mol. The van der Waals surface area contributed by atoms with Gasteiger partial charge < -0.3 is 4.74 Å². The van der Waals surface area contributed by atoms with E-state index in [0.717, 1.165) is 15.7 Å². The Balaban J connectivity index is 1.96. The Bertz CT molecular complexity index is 716. The van der Waals surface area contributed by atoms with Crippen molar-refractivity contribution in [2.45, 2.75) is 51.5 Å². The van der Waals surface area contributed by atoms with E-state index < -0.39 is 6.10 Å². The lowest BCUT2D eigenvalue weighted by molar-refractivity contribution is -0.122. The highest BCUT2D eigenvalue weighted by Gasteiger charge is 2.20. The molecular formula is C18H25N3O2S2. The molecule has 1 aromatic heterocycles. The molecule has 25 heavy (non-hydrogen) atoms. The summed E-state index contributed by atoms with van der Waals surface area (Å²) in [5, 5.41) is 11.5. The third-order valence-electron chi connectivity index (χ3n) is 3.60. The molecule has 1 N–H and O–H groups in total. The van der Waals surface area contributed by atoms with Gasteiger partial charge in [-0.3, -0.25) is 10.1 Å². The Labute approximate surface area is 157 Å². The highest BCUT2D eigenvalue weighted by molar-refractivity contribution is 8.01. The molecule has 2 rings (SSSR count). The molecule has 0 aliphatic carbocycles. The fraction of sp³-hybridized carbons (Fsp3) is 0.500. The first-order chi connectivity index (χ1) is 11.9. The largest absolute Gasteiger partial charge is 0.481 e. The van der Waals surface area contributed by atoms with E-state index in [2.05, 4.69) is 29.4 Å². The molecule has 0 fully saturated rings. The maximum atomic E-state index is 12.5. The van der Waals surface area contributed by atoms with E-state index in [1.807, 2.05) is 39.0 Å². The highest BCUT2D eigenvalue weighted by Crippen LogP contribution is 2.27. The van der Waals surface area contributed by atoms with Crippen molar-refractivity contribution in [1.29, 1.82) is 0 Å². The molecule has 1 atom stereocenters. The van der Waals surface area contributed by atoms with Crippen LogP contribution in [0.2, 0.25) is 0 Å². The molecule has 1 amide bonds. The summed E-state index contributed by atoms with van der Waals surface area (Å²) in [6, 6.07) is 5.85. The normalized spacial score (nSPS) is 12.2. The van der Waals surface area contributed by atoms with Crippen LogP contribution in [0.25, 0.3) is 0 Å². The summed E-state index contributed by atoms with van der Waals surface area (Å²) in [4.78, 5) is 12.5. The average molecular weight is 380 g/mol. The van der Waals surface area contributed by atoms with Crippen molar-refractivity contribution in [3.63, 3.8) is 0 Å². The predicted octanol–water partition coefficient (Wildman–Crippen LogP) is 4.70. The molecule has 0 saturated carbocycles. The first-order valence-corrected chi connectivity index (χ1v) is 10.2. The second-order valence-corrected chi connectivity index (χ2v) is 8.57. The van der Waals surface area contributed by atoms with E-state index in [0.29, 0.717) is 23.2 Å². The molecule has 0 aliphatic heterocycles. The Morgan fingerprint density at radius 2 is 2.04 bits per heavy atom. The number of aryl methyl sites for hydroxylation is 2. The van der Waals surface area contributed by atoms with Gasteiger partial charge in [-0.15, -0.1) is 10.2 Å². The van der Waals surface area contributed by atoms with Crippen LogP contribution in [-0.4, -0.2) is 28.0 Å². The zero-order valence-electron chi connectivity index (χ0n) is 15.3. The number of carbonyl (C=O) groups excluding carboxylic acids is 1. The van der Waals surface area contributed by atoms with Gasteiger partial charge in [-0.05, 0) is 49.4 Å². The number of hydrogen-bond donors (Lipinski definition) is 1. The van der Waals surface area contributed by atoms with Gasteiger partial charge in [0.05, 0.1) is 0 Å². The van der Waals surface area contributed by atoms with Gasteiger partial charge in [0.15, 0.2) is 10.4 Å². The van der Waals surface area contributed by atoms with Crippen molar-refractivity contribution in [1.82, 2.24) is 10.2 Å². The van der Waals surface area contributed by atoms with Crippen LogP contribution in [0.5, 0.6) is 5.75 Å². The average Bonchev–Trinajstić information content (AvgIpc) is 3.01. The molecule has 2 aromatic rings. The zero-order chi connectivity index (χ0) is 18.4. The van der Waals surface area contributed by atoms with Crippen molar-refractivity contribution >= 4 is 34.1 Å². The second kappa shape index (κ2) is 9.20. The lowest BCUT2D eigenvalue weighted by atomic mass is 10.1. The van der Waals surface area contributed by atoms with Crippen LogP contribution in [0.1, 0.15) is 38.3 Å². The van der Waals surface area contributed by atoms with E-state index >= 15 is 0 Å².